The summed E-state index contributed by atoms with van der Waals surface area (Å²) in [6.45, 7) is 3.78. The SMILES string of the molecule is CC1(C)Cc2cc(O)cc(F)c2O1. The van der Waals surface area contributed by atoms with E-state index < -0.39 is 5.82 Å². The van der Waals surface area contributed by atoms with Crippen molar-refractivity contribution in [1.82, 2.24) is 0 Å². The summed E-state index contributed by atoms with van der Waals surface area (Å²) in [5.41, 5.74) is 0.374. The highest BCUT2D eigenvalue weighted by Crippen LogP contribution is 2.38. The van der Waals surface area contributed by atoms with Crippen molar-refractivity contribution < 1.29 is 14.2 Å². The Morgan fingerprint density at radius 2 is 2.15 bits per heavy atom. The van der Waals surface area contributed by atoms with Crippen molar-refractivity contribution in [3.8, 4) is 11.5 Å². The summed E-state index contributed by atoms with van der Waals surface area (Å²) in [7, 11) is 0. The van der Waals surface area contributed by atoms with Gasteiger partial charge in [0.05, 0.1) is 0 Å². The molecule has 0 saturated carbocycles. The molecule has 0 bridgehead atoms. The average Bonchev–Trinajstić information content (AvgIpc) is 2.23. The number of halogens is 1. The van der Waals surface area contributed by atoms with Crippen LogP contribution in [0.15, 0.2) is 12.1 Å². The fraction of sp³-hybridized carbons (Fsp3) is 0.400. The van der Waals surface area contributed by atoms with Crippen molar-refractivity contribution >= 4 is 0 Å². The minimum Gasteiger partial charge on any atom is -0.508 e. The highest BCUT2D eigenvalue weighted by molar-refractivity contribution is 5.44. The molecule has 0 aromatic heterocycles. The van der Waals surface area contributed by atoms with Gasteiger partial charge in [0, 0.05) is 18.1 Å². The Labute approximate surface area is 76.0 Å². The van der Waals surface area contributed by atoms with Crippen LogP contribution in [0, 0.1) is 5.82 Å². The van der Waals surface area contributed by atoms with Crippen LogP contribution in [0.1, 0.15) is 19.4 Å². The van der Waals surface area contributed by atoms with Gasteiger partial charge in [-0.25, -0.2) is 4.39 Å². The first kappa shape index (κ1) is 8.35. The molecule has 0 unspecified atom stereocenters. The van der Waals surface area contributed by atoms with E-state index in [4.69, 9.17) is 9.84 Å². The maximum atomic E-state index is 13.2. The third-order valence-corrected chi connectivity index (χ3v) is 2.10. The standard InChI is InChI=1S/C10H11FO2/c1-10(2)5-6-3-7(12)4-8(11)9(6)13-10/h3-4,12H,5H2,1-2H3. The van der Waals surface area contributed by atoms with Crippen LogP contribution >= 0.6 is 0 Å². The van der Waals surface area contributed by atoms with Crippen LogP contribution in [-0.2, 0) is 6.42 Å². The molecule has 0 radical (unpaired) electrons. The van der Waals surface area contributed by atoms with E-state index in [9.17, 15) is 4.39 Å². The van der Waals surface area contributed by atoms with Gasteiger partial charge in [-0.05, 0) is 19.9 Å². The molecule has 0 aliphatic carbocycles. The third kappa shape index (κ3) is 1.34. The van der Waals surface area contributed by atoms with Crippen molar-refractivity contribution in [3.05, 3.63) is 23.5 Å². The average molecular weight is 182 g/mol. The fourth-order valence-electron chi connectivity index (χ4n) is 1.65. The van der Waals surface area contributed by atoms with Crippen molar-refractivity contribution in [2.45, 2.75) is 25.9 Å². The smallest absolute Gasteiger partial charge is 0.169 e. The molecule has 1 aromatic carbocycles. The van der Waals surface area contributed by atoms with E-state index >= 15 is 0 Å². The highest BCUT2D eigenvalue weighted by Gasteiger charge is 2.32. The van der Waals surface area contributed by atoms with Gasteiger partial charge in [0.15, 0.2) is 11.6 Å². The topological polar surface area (TPSA) is 29.5 Å². The van der Waals surface area contributed by atoms with Crippen LogP contribution in [0.4, 0.5) is 4.39 Å². The van der Waals surface area contributed by atoms with Crippen LogP contribution < -0.4 is 4.74 Å². The Morgan fingerprint density at radius 1 is 1.46 bits per heavy atom. The number of phenolic OH excluding ortho intramolecular Hbond substituents is 1. The van der Waals surface area contributed by atoms with E-state index in [0.29, 0.717) is 6.42 Å². The first-order valence-corrected chi connectivity index (χ1v) is 4.18. The molecule has 13 heavy (non-hydrogen) atoms. The summed E-state index contributed by atoms with van der Waals surface area (Å²) < 4.78 is 18.6. The zero-order chi connectivity index (χ0) is 9.64. The Bertz CT molecular complexity index is 358. The Balaban J connectivity index is 2.52. The number of aromatic hydroxyl groups is 1. The quantitative estimate of drug-likeness (QED) is 0.666. The van der Waals surface area contributed by atoms with Gasteiger partial charge in [-0.1, -0.05) is 0 Å². The molecule has 0 amide bonds. The number of fused-ring (bicyclic) bond motifs is 1. The lowest BCUT2D eigenvalue weighted by molar-refractivity contribution is 0.133. The second-order valence-electron chi connectivity index (χ2n) is 3.95. The summed E-state index contributed by atoms with van der Waals surface area (Å²) in [6, 6.07) is 2.62. The van der Waals surface area contributed by atoms with Crippen LogP contribution in [0.5, 0.6) is 11.5 Å². The van der Waals surface area contributed by atoms with E-state index in [1.165, 1.54) is 0 Å². The van der Waals surface area contributed by atoms with Gasteiger partial charge in [0.1, 0.15) is 11.4 Å². The van der Waals surface area contributed by atoms with Gasteiger partial charge in [-0.3, -0.25) is 0 Å². The first-order valence-electron chi connectivity index (χ1n) is 4.18. The molecule has 0 fully saturated rings. The van der Waals surface area contributed by atoms with E-state index in [-0.39, 0.29) is 17.1 Å². The van der Waals surface area contributed by atoms with Gasteiger partial charge < -0.3 is 9.84 Å². The Hall–Kier alpha value is -1.25. The summed E-state index contributed by atoms with van der Waals surface area (Å²) in [5, 5.41) is 9.15. The monoisotopic (exact) mass is 182 g/mol. The van der Waals surface area contributed by atoms with Gasteiger partial charge in [0.2, 0.25) is 0 Å². The molecule has 1 aliphatic heterocycles. The van der Waals surface area contributed by atoms with Crippen molar-refractivity contribution in [2.75, 3.05) is 0 Å². The van der Waals surface area contributed by atoms with Crippen molar-refractivity contribution in [2.24, 2.45) is 0 Å². The normalized spacial score (nSPS) is 18.1. The lowest BCUT2D eigenvalue weighted by atomic mass is 10.0. The van der Waals surface area contributed by atoms with Crippen LogP contribution in [0.2, 0.25) is 0 Å². The number of hydrogen-bond acceptors (Lipinski definition) is 2. The molecule has 0 saturated heterocycles. The Kier molecular flexibility index (Phi) is 1.53. The minimum atomic E-state index is -0.486. The molecule has 1 aromatic rings. The molecule has 1 aliphatic rings. The zero-order valence-electron chi connectivity index (χ0n) is 7.60. The van der Waals surface area contributed by atoms with Crippen LogP contribution in [-0.4, -0.2) is 10.7 Å². The largest absolute Gasteiger partial charge is 0.508 e. The molecular weight excluding hydrogens is 171 g/mol. The molecule has 70 valence electrons. The van der Waals surface area contributed by atoms with E-state index in [1.54, 1.807) is 6.07 Å². The summed E-state index contributed by atoms with van der Waals surface area (Å²) in [4.78, 5) is 0. The number of hydrogen-bond donors (Lipinski definition) is 1. The van der Waals surface area contributed by atoms with Crippen molar-refractivity contribution in [1.29, 1.82) is 0 Å². The summed E-state index contributed by atoms with van der Waals surface area (Å²) in [5.74, 6) is -0.249. The van der Waals surface area contributed by atoms with E-state index in [1.807, 2.05) is 13.8 Å². The predicted molar refractivity (Wildman–Crippen MR) is 46.5 cm³/mol. The van der Waals surface area contributed by atoms with Gasteiger partial charge in [-0.2, -0.15) is 0 Å². The molecule has 3 heteroatoms. The maximum absolute atomic E-state index is 13.2. The van der Waals surface area contributed by atoms with Gasteiger partial charge >= 0.3 is 0 Å². The van der Waals surface area contributed by atoms with Crippen molar-refractivity contribution in [3.63, 3.8) is 0 Å². The molecule has 2 nitrogen and oxygen atoms in total. The summed E-state index contributed by atoms with van der Waals surface area (Å²) >= 11 is 0. The van der Waals surface area contributed by atoms with Crippen LogP contribution in [0.25, 0.3) is 0 Å². The Morgan fingerprint density at radius 3 is 2.85 bits per heavy atom. The molecule has 1 heterocycles. The molecule has 1 N–H and O–H groups in total. The fourth-order valence-corrected chi connectivity index (χ4v) is 1.65. The molecule has 0 atom stereocenters. The predicted octanol–water partition coefficient (Wildman–Crippen LogP) is 2.24. The lowest BCUT2D eigenvalue weighted by Crippen LogP contribution is -2.24. The van der Waals surface area contributed by atoms with E-state index in [0.717, 1.165) is 11.6 Å². The van der Waals surface area contributed by atoms with Gasteiger partial charge in [-0.15, -0.1) is 0 Å². The first-order chi connectivity index (χ1) is 5.98. The van der Waals surface area contributed by atoms with Gasteiger partial charge in [0.25, 0.3) is 0 Å². The molecule has 2 rings (SSSR count). The van der Waals surface area contributed by atoms with E-state index in [2.05, 4.69) is 0 Å². The maximum Gasteiger partial charge on any atom is 0.169 e. The number of rotatable bonds is 0. The number of phenols is 1. The third-order valence-electron chi connectivity index (χ3n) is 2.10. The second kappa shape index (κ2) is 2.37. The lowest BCUT2D eigenvalue weighted by Gasteiger charge is -2.16. The number of benzene rings is 1. The highest BCUT2D eigenvalue weighted by atomic mass is 19.1. The molecule has 0 spiro atoms. The zero-order valence-corrected chi connectivity index (χ0v) is 7.60. The molecular formula is C10H11FO2. The summed E-state index contributed by atoms with van der Waals surface area (Å²) in [6.07, 6.45) is 0.633. The van der Waals surface area contributed by atoms with Crippen LogP contribution in [0.3, 0.4) is 0 Å². The minimum absolute atomic E-state index is 0.0439. The second-order valence-corrected chi connectivity index (χ2v) is 3.95. The number of ether oxygens (including phenoxy) is 1.